The van der Waals surface area contributed by atoms with Crippen molar-refractivity contribution in [3.63, 3.8) is 0 Å². The Bertz CT molecular complexity index is 1670. The topological polar surface area (TPSA) is 110 Å². The van der Waals surface area contributed by atoms with Crippen LogP contribution in [0.4, 0.5) is 10.1 Å². The number of hydrogen-bond donors (Lipinski definition) is 1. The number of carbonyl (C=O) groups excluding carboxylic acids is 1. The van der Waals surface area contributed by atoms with Gasteiger partial charge in [-0.15, -0.1) is 0 Å². The zero-order valence-electron chi connectivity index (χ0n) is 21.1. The van der Waals surface area contributed by atoms with Gasteiger partial charge in [-0.1, -0.05) is 6.07 Å². The van der Waals surface area contributed by atoms with E-state index in [0.29, 0.717) is 35.6 Å². The Hall–Kier alpha value is -3.70. The lowest BCUT2D eigenvalue weighted by molar-refractivity contribution is 0.103. The molecule has 1 saturated carbocycles. The van der Waals surface area contributed by atoms with E-state index in [1.54, 1.807) is 49.4 Å². The standard InChI is InChI=1S/C27H27FN6O3S/c1-16-5-8-22(32-38(36,37)34-9-3-4-10-34)24(28)23(16)25(35)21-15-33(2)27-20(21)11-18(12-31-27)19-13-29-26(30-14-19)17-6-7-17/h5,8,11-15,17,32H,3-4,6-7,9-10H2,1-2H3. The molecular formula is C27H27FN6O3S. The molecule has 1 aromatic carbocycles. The summed E-state index contributed by atoms with van der Waals surface area (Å²) in [7, 11) is -2.15. The third-order valence-electron chi connectivity index (χ3n) is 7.23. The highest BCUT2D eigenvalue weighted by Gasteiger charge is 2.29. The lowest BCUT2D eigenvalue weighted by Gasteiger charge is -2.18. The van der Waals surface area contributed by atoms with Gasteiger partial charge < -0.3 is 4.57 Å². The quantitative estimate of drug-likeness (QED) is 0.353. The number of pyridine rings is 1. The number of halogens is 1. The van der Waals surface area contributed by atoms with Gasteiger partial charge in [-0.05, 0) is 50.3 Å². The Morgan fingerprint density at radius 1 is 1.05 bits per heavy atom. The largest absolute Gasteiger partial charge is 0.335 e. The second kappa shape index (κ2) is 9.25. The number of carbonyl (C=O) groups is 1. The van der Waals surface area contributed by atoms with Gasteiger partial charge in [0, 0.05) is 72.9 Å². The normalized spacial score (nSPS) is 16.3. The summed E-state index contributed by atoms with van der Waals surface area (Å²) in [6.45, 7) is 2.39. The molecule has 3 aromatic heterocycles. The van der Waals surface area contributed by atoms with Crippen molar-refractivity contribution < 1.29 is 17.6 Å². The molecule has 0 unspecified atom stereocenters. The maximum Gasteiger partial charge on any atom is 0.301 e. The van der Waals surface area contributed by atoms with Crippen molar-refractivity contribution in [2.75, 3.05) is 17.8 Å². The molecule has 1 aliphatic carbocycles. The molecule has 6 rings (SSSR count). The lowest BCUT2D eigenvalue weighted by Crippen LogP contribution is -2.33. The van der Waals surface area contributed by atoms with Gasteiger partial charge in [0.2, 0.25) is 0 Å². The minimum absolute atomic E-state index is 0.179. The number of hydrogen-bond acceptors (Lipinski definition) is 6. The van der Waals surface area contributed by atoms with E-state index in [4.69, 9.17) is 0 Å². The van der Waals surface area contributed by atoms with Crippen LogP contribution in [0.1, 0.15) is 58.9 Å². The summed E-state index contributed by atoms with van der Waals surface area (Å²) in [6, 6.07) is 4.73. The smallest absolute Gasteiger partial charge is 0.301 e. The summed E-state index contributed by atoms with van der Waals surface area (Å²) in [5.41, 5.74) is 2.32. The highest BCUT2D eigenvalue weighted by atomic mass is 32.2. The molecule has 4 heterocycles. The molecule has 0 bridgehead atoms. The van der Waals surface area contributed by atoms with E-state index < -0.39 is 21.8 Å². The van der Waals surface area contributed by atoms with Crippen LogP contribution >= 0.6 is 0 Å². The number of anilines is 1. The van der Waals surface area contributed by atoms with Crippen molar-refractivity contribution in [2.24, 2.45) is 7.05 Å². The number of nitrogens with zero attached hydrogens (tertiary/aromatic N) is 5. The summed E-state index contributed by atoms with van der Waals surface area (Å²) in [6.07, 6.45) is 10.6. The van der Waals surface area contributed by atoms with Crippen LogP contribution in [0.2, 0.25) is 0 Å². The van der Waals surface area contributed by atoms with Crippen LogP contribution in [-0.4, -0.2) is 51.1 Å². The average Bonchev–Trinajstić information content (AvgIpc) is 3.48. The van der Waals surface area contributed by atoms with E-state index in [2.05, 4.69) is 19.7 Å². The van der Waals surface area contributed by atoms with Gasteiger partial charge in [-0.3, -0.25) is 9.52 Å². The summed E-state index contributed by atoms with van der Waals surface area (Å²) < 4.78 is 46.6. The van der Waals surface area contributed by atoms with Gasteiger partial charge in [-0.25, -0.2) is 19.3 Å². The van der Waals surface area contributed by atoms with Crippen LogP contribution in [0.3, 0.4) is 0 Å². The molecule has 9 nitrogen and oxygen atoms in total. The zero-order chi connectivity index (χ0) is 26.6. The Morgan fingerprint density at radius 2 is 1.74 bits per heavy atom. The van der Waals surface area contributed by atoms with Crippen LogP contribution in [-0.2, 0) is 17.3 Å². The number of fused-ring (bicyclic) bond motifs is 1. The molecule has 11 heteroatoms. The fourth-order valence-electron chi connectivity index (χ4n) is 4.94. The molecule has 1 N–H and O–H groups in total. The minimum atomic E-state index is -3.92. The Morgan fingerprint density at radius 3 is 2.42 bits per heavy atom. The third-order valence-corrected chi connectivity index (χ3v) is 8.75. The van der Waals surface area contributed by atoms with E-state index in [9.17, 15) is 13.2 Å². The van der Waals surface area contributed by atoms with Crippen molar-refractivity contribution in [2.45, 2.75) is 38.5 Å². The van der Waals surface area contributed by atoms with E-state index in [-0.39, 0.29) is 16.8 Å². The Kier molecular flexibility index (Phi) is 5.99. The summed E-state index contributed by atoms with van der Waals surface area (Å²) in [5.74, 6) is -0.170. The molecule has 0 radical (unpaired) electrons. The second-order valence-electron chi connectivity index (χ2n) is 10.0. The predicted octanol–water partition coefficient (Wildman–Crippen LogP) is 4.34. The van der Waals surface area contributed by atoms with Gasteiger partial charge in [-0.2, -0.15) is 12.7 Å². The van der Waals surface area contributed by atoms with E-state index in [0.717, 1.165) is 42.6 Å². The van der Waals surface area contributed by atoms with E-state index in [1.165, 1.54) is 10.4 Å². The fourth-order valence-corrected chi connectivity index (χ4v) is 6.24. The molecule has 2 aliphatic rings. The molecule has 1 aliphatic heterocycles. The van der Waals surface area contributed by atoms with Gasteiger partial charge >= 0.3 is 10.2 Å². The first-order chi connectivity index (χ1) is 18.2. The molecule has 1 saturated heterocycles. The number of benzene rings is 1. The molecule has 0 amide bonds. The molecule has 4 aromatic rings. The van der Waals surface area contributed by atoms with Crippen LogP contribution in [0.5, 0.6) is 0 Å². The number of nitrogens with one attached hydrogen (secondary N) is 1. The van der Waals surface area contributed by atoms with Crippen LogP contribution in [0.15, 0.2) is 43.0 Å². The van der Waals surface area contributed by atoms with E-state index in [1.807, 2.05) is 6.07 Å². The molecule has 196 valence electrons. The second-order valence-corrected chi connectivity index (χ2v) is 11.7. The molecular weight excluding hydrogens is 507 g/mol. The Balaban J connectivity index is 1.38. The number of rotatable bonds is 7. The third kappa shape index (κ3) is 4.35. The first-order valence-electron chi connectivity index (χ1n) is 12.6. The highest BCUT2D eigenvalue weighted by molar-refractivity contribution is 7.90. The monoisotopic (exact) mass is 534 g/mol. The van der Waals surface area contributed by atoms with Crippen LogP contribution < -0.4 is 4.72 Å². The summed E-state index contributed by atoms with van der Waals surface area (Å²) in [5, 5.41) is 0.558. The Labute approximate surface area is 219 Å². The maximum absolute atomic E-state index is 15.7. The fraction of sp³-hybridized carbons (Fsp3) is 0.333. The number of aromatic nitrogens is 4. The van der Waals surface area contributed by atoms with Crippen LogP contribution in [0.25, 0.3) is 22.2 Å². The number of aryl methyl sites for hydroxylation is 2. The van der Waals surface area contributed by atoms with Gasteiger partial charge in [0.05, 0.1) is 11.3 Å². The van der Waals surface area contributed by atoms with Crippen molar-refractivity contribution in [3.8, 4) is 11.1 Å². The molecule has 38 heavy (non-hydrogen) atoms. The van der Waals surface area contributed by atoms with Crippen molar-refractivity contribution in [1.82, 2.24) is 23.8 Å². The van der Waals surface area contributed by atoms with Crippen molar-refractivity contribution >= 4 is 32.7 Å². The van der Waals surface area contributed by atoms with Crippen LogP contribution in [0, 0.1) is 12.7 Å². The SMILES string of the molecule is Cc1ccc(NS(=O)(=O)N2CCCC2)c(F)c1C(=O)c1cn(C)c2ncc(-c3cnc(C4CC4)nc3)cc12. The average molecular weight is 535 g/mol. The molecule has 0 spiro atoms. The lowest BCUT2D eigenvalue weighted by atomic mass is 9.97. The summed E-state index contributed by atoms with van der Waals surface area (Å²) >= 11 is 0. The van der Waals surface area contributed by atoms with Crippen molar-refractivity contribution in [1.29, 1.82) is 0 Å². The number of ketones is 1. The molecule has 2 fully saturated rings. The summed E-state index contributed by atoms with van der Waals surface area (Å²) in [4.78, 5) is 27.3. The first kappa shape index (κ1) is 24.6. The van der Waals surface area contributed by atoms with Gasteiger partial charge in [0.1, 0.15) is 11.5 Å². The van der Waals surface area contributed by atoms with Gasteiger partial charge in [0.15, 0.2) is 11.6 Å². The van der Waals surface area contributed by atoms with Crippen molar-refractivity contribution in [3.05, 3.63) is 71.3 Å². The maximum atomic E-state index is 15.7. The zero-order valence-corrected chi connectivity index (χ0v) is 21.9. The van der Waals surface area contributed by atoms with E-state index >= 15 is 4.39 Å². The first-order valence-corrected chi connectivity index (χ1v) is 14.1. The molecule has 0 atom stereocenters. The minimum Gasteiger partial charge on any atom is -0.335 e. The van der Waals surface area contributed by atoms with Gasteiger partial charge in [0.25, 0.3) is 0 Å². The predicted molar refractivity (Wildman–Crippen MR) is 142 cm³/mol. The highest BCUT2D eigenvalue weighted by Crippen LogP contribution is 2.38.